The highest BCUT2D eigenvalue weighted by Crippen LogP contribution is 2.20. The maximum Gasteiger partial charge on any atom is 0.250 e. The molecule has 2 rings (SSSR count). The van der Waals surface area contributed by atoms with Crippen molar-refractivity contribution in [2.24, 2.45) is 5.10 Å². The molecule has 126 valence electrons. The van der Waals surface area contributed by atoms with Gasteiger partial charge >= 0.3 is 0 Å². The summed E-state index contributed by atoms with van der Waals surface area (Å²) in [4.78, 5) is 20.4. The number of thioether (sulfide) groups is 1. The SMILES string of the molecule is COc1ccc(Cl)cc1/C=N\NC(=O)CSc1nc(C)cc(C)n1. The third-order valence-electron chi connectivity index (χ3n) is 2.88. The predicted molar refractivity (Wildman–Crippen MR) is 96.0 cm³/mol. The third-order valence-corrected chi connectivity index (χ3v) is 3.96. The van der Waals surface area contributed by atoms with Crippen molar-refractivity contribution in [1.29, 1.82) is 0 Å². The van der Waals surface area contributed by atoms with E-state index in [1.165, 1.54) is 18.0 Å². The Morgan fingerprint density at radius 3 is 2.71 bits per heavy atom. The number of aromatic nitrogens is 2. The number of hydrogen-bond acceptors (Lipinski definition) is 6. The Kier molecular flexibility index (Phi) is 6.57. The second-order valence-electron chi connectivity index (χ2n) is 4.90. The average Bonchev–Trinajstić information content (AvgIpc) is 2.52. The minimum Gasteiger partial charge on any atom is -0.496 e. The topological polar surface area (TPSA) is 76.5 Å². The molecule has 1 heterocycles. The minimum absolute atomic E-state index is 0.174. The Bertz CT molecular complexity index is 747. The Hall–Kier alpha value is -2.12. The number of hydrazone groups is 1. The zero-order chi connectivity index (χ0) is 17.5. The predicted octanol–water partition coefficient (Wildman–Crippen LogP) is 3.00. The summed E-state index contributed by atoms with van der Waals surface area (Å²) < 4.78 is 5.20. The standard InChI is InChI=1S/C16H17ClN4O2S/c1-10-6-11(2)20-16(19-10)24-9-15(22)21-18-8-12-7-13(17)4-5-14(12)23-3/h4-8H,9H2,1-3H3,(H,21,22)/b18-8-. The van der Waals surface area contributed by atoms with Gasteiger partial charge in [-0.2, -0.15) is 5.10 Å². The van der Waals surface area contributed by atoms with Crippen molar-refractivity contribution in [2.45, 2.75) is 19.0 Å². The zero-order valence-electron chi connectivity index (χ0n) is 13.5. The molecule has 2 aromatic rings. The lowest BCUT2D eigenvalue weighted by Crippen LogP contribution is -2.19. The molecule has 1 N–H and O–H groups in total. The monoisotopic (exact) mass is 364 g/mol. The van der Waals surface area contributed by atoms with Crippen LogP contribution in [-0.2, 0) is 4.79 Å². The van der Waals surface area contributed by atoms with Gasteiger partial charge in [-0.25, -0.2) is 15.4 Å². The zero-order valence-corrected chi connectivity index (χ0v) is 15.1. The molecule has 1 aromatic heterocycles. The number of methoxy groups -OCH3 is 1. The second-order valence-corrected chi connectivity index (χ2v) is 6.28. The molecular formula is C16H17ClN4O2S. The smallest absolute Gasteiger partial charge is 0.250 e. The highest BCUT2D eigenvalue weighted by Gasteiger charge is 2.06. The number of benzene rings is 1. The van der Waals surface area contributed by atoms with E-state index in [4.69, 9.17) is 16.3 Å². The van der Waals surface area contributed by atoms with Crippen molar-refractivity contribution < 1.29 is 9.53 Å². The summed E-state index contributed by atoms with van der Waals surface area (Å²) in [5, 5.41) is 5.05. The molecule has 0 aliphatic carbocycles. The molecule has 0 radical (unpaired) electrons. The Labute approximate surface area is 149 Å². The van der Waals surface area contributed by atoms with Crippen LogP contribution in [0.25, 0.3) is 0 Å². The van der Waals surface area contributed by atoms with Gasteiger partial charge in [-0.3, -0.25) is 4.79 Å². The Morgan fingerprint density at radius 1 is 1.33 bits per heavy atom. The van der Waals surface area contributed by atoms with E-state index in [0.29, 0.717) is 21.5 Å². The van der Waals surface area contributed by atoms with Crippen LogP contribution in [0.3, 0.4) is 0 Å². The van der Waals surface area contributed by atoms with Gasteiger partial charge in [0.05, 0.1) is 19.1 Å². The molecule has 0 aliphatic rings. The molecule has 0 saturated heterocycles. The van der Waals surface area contributed by atoms with Crippen LogP contribution in [-0.4, -0.2) is 35.0 Å². The number of aryl methyl sites for hydroxylation is 2. The van der Waals surface area contributed by atoms with Gasteiger partial charge in [-0.15, -0.1) is 0 Å². The van der Waals surface area contributed by atoms with Crippen molar-refractivity contribution in [3.05, 3.63) is 46.2 Å². The largest absolute Gasteiger partial charge is 0.496 e. The fourth-order valence-corrected chi connectivity index (χ4v) is 2.82. The number of rotatable bonds is 6. The van der Waals surface area contributed by atoms with E-state index in [-0.39, 0.29) is 11.7 Å². The van der Waals surface area contributed by atoms with E-state index in [1.54, 1.807) is 25.3 Å². The highest BCUT2D eigenvalue weighted by molar-refractivity contribution is 7.99. The molecule has 1 amide bonds. The quantitative estimate of drug-likeness (QED) is 0.369. The molecule has 1 aromatic carbocycles. The number of carbonyl (C=O) groups excluding carboxylic acids is 1. The molecule has 8 heteroatoms. The van der Waals surface area contributed by atoms with Gasteiger partial charge in [0.1, 0.15) is 5.75 Å². The number of amides is 1. The van der Waals surface area contributed by atoms with Gasteiger partial charge in [0.25, 0.3) is 5.91 Å². The normalized spacial score (nSPS) is 10.8. The lowest BCUT2D eigenvalue weighted by atomic mass is 10.2. The number of carbonyl (C=O) groups is 1. The number of halogens is 1. The van der Waals surface area contributed by atoms with Crippen molar-refractivity contribution in [2.75, 3.05) is 12.9 Å². The summed E-state index contributed by atoms with van der Waals surface area (Å²) in [6.45, 7) is 3.78. The molecule has 0 aliphatic heterocycles. The molecule has 6 nitrogen and oxygen atoms in total. The minimum atomic E-state index is -0.250. The summed E-state index contributed by atoms with van der Waals surface area (Å²) in [6, 6.07) is 7.04. The van der Waals surface area contributed by atoms with Crippen LogP contribution in [0.15, 0.2) is 34.5 Å². The van der Waals surface area contributed by atoms with Crippen molar-refractivity contribution >= 4 is 35.5 Å². The summed E-state index contributed by atoms with van der Waals surface area (Å²) in [7, 11) is 1.56. The van der Waals surface area contributed by atoms with Crippen LogP contribution in [0.1, 0.15) is 17.0 Å². The first kappa shape index (κ1) is 18.2. The first-order chi connectivity index (χ1) is 11.5. The molecular weight excluding hydrogens is 348 g/mol. The van der Waals surface area contributed by atoms with E-state index in [2.05, 4.69) is 20.5 Å². The van der Waals surface area contributed by atoms with Crippen LogP contribution in [0.2, 0.25) is 5.02 Å². The van der Waals surface area contributed by atoms with E-state index in [9.17, 15) is 4.79 Å². The summed E-state index contributed by atoms with van der Waals surface area (Å²) in [6.07, 6.45) is 1.49. The summed E-state index contributed by atoms with van der Waals surface area (Å²) in [5.74, 6) is 0.544. The van der Waals surface area contributed by atoms with Crippen molar-refractivity contribution in [3.63, 3.8) is 0 Å². The van der Waals surface area contributed by atoms with E-state index in [1.807, 2.05) is 19.9 Å². The van der Waals surface area contributed by atoms with E-state index >= 15 is 0 Å². The van der Waals surface area contributed by atoms with Gasteiger partial charge in [0.15, 0.2) is 5.16 Å². The van der Waals surface area contributed by atoms with Crippen LogP contribution in [0.4, 0.5) is 0 Å². The number of hydrogen-bond donors (Lipinski definition) is 1. The van der Waals surface area contributed by atoms with Gasteiger partial charge < -0.3 is 4.74 Å². The maximum absolute atomic E-state index is 11.8. The van der Waals surface area contributed by atoms with E-state index in [0.717, 1.165) is 11.4 Å². The molecule has 0 unspecified atom stereocenters. The van der Waals surface area contributed by atoms with Crippen LogP contribution in [0, 0.1) is 13.8 Å². The first-order valence-electron chi connectivity index (χ1n) is 7.08. The molecule has 0 atom stereocenters. The summed E-state index contributed by atoms with van der Waals surface area (Å²) >= 11 is 7.20. The lowest BCUT2D eigenvalue weighted by Gasteiger charge is -2.04. The van der Waals surface area contributed by atoms with Gasteiger partial charge in [0.2, 0.25) is 0 Å². The lowest BCUT2D eigenvalue weighted by molar-refractivity contribution is -0.118. The first-order valence-corrected chi connectivity index (χ1v) is 8.45. The average molecular weight is 365 g/mol. The van der Waals surface area contributed by atoms with Crippen molar-refractivity contribution in [1.82, 2.24) is 15.4 Å². The fourth-order valence-electron chi connectivity index (χ4n) is 1.90. The Balaban J connectivity index is 1.90. The van der Waals surface area contributed by atoms with Crippen molar-refractivity contribution in [3.8, 4) is 5.75 Å². The molecule has 0 bridgehead atoms. The Morgan fingerprint density at radius 2 is 2.04 bits per heavy atom. The highest BCUT2D eigenvalue weighted by atomic mass is 35.5. The van der Waals surface area contributed by atoms with Crippen LogP contribution < -0.4 is 10.2 Å². The molecule has 0 spiro atoms. The number of ether oxygens (including phenoxy) is 1. The maximum atomic E-state index is 11.8. The van der Waals surface area contributed by atoms with Crippen LogP contribution in [0.5, 0.6) is 5.75 Å². The second kappa shape index (κ2) is 8.65. The fraction of sp³-hybridized carbons (Fsp3) is 0.250. The number of nitrogens with zero attached hydrogens (tertiary/aromatic N) is 3. The molecule has 24 heavy (non-hydrogen) atoms. The molecule has 0 saturated carbocycles. The van der Waals surface area contributed by atoms with Gasteiger partial charge in [0, 0.05) is 22.0 Å². The third kappa shape index (κ3) is 5.50. The summed E-state index contributed by atoms with van der Waals surface area (Å²) in [5.41, 5.74) is 4.88. The number of nitrogens with one attached hydrogen (secondary N) is 1. The van der Waals surface area contributed by atoms with E-state index < -0.39 is 0 Å². The van der Waals surface area contributed by atoms with Crippen LogP contribution >= 0.6 is 23.4 Å². The van der Waals surface area contributed by atoms with Gasteiger partial charge in [-0.05, 0) is 38.1 Å². The van der Waals surface area contributed by atoms with Gasteiger partial charge in [-0.1, -0.05) is 23.4 Å². The molecule has 0 fully saturated rings.